The van der Waals surface area contributed by atoms with Crippen LogP contribution in [0.2, 0.25) is 0 Å². The van der Waals surface area contributed by atoms with Gasteiger partial charge in [0.1, 0.15) is 0 Å². The Morgan fingerprint density at radius 3 is 2.95 bits per heavy atom. The van der Waals surface area contributed by atoms with Crippen LogP contribution >= 0.6 is 11.3 Å². The van der Waals surface area contributed by atoms with Crippen molar-refractivity contribution in [2.24, 2.45) is 11.3 Å². The topological polar surface area (TPSA) is 15.3 Å². The zero-order chi connectivity index (χ0) is 14.7. The third kappa shape index (κ3) is 3.69. The largest absolute Gasteiger partial charge is 0.316 e. The second kappa shape index (κ2) is 6.80. The zero-order valence-corrected chi connectivity index (χ0v) is 14.5. The van der Waals surface area contributed by atoms with Crippen LogP contribution in [0.3, 0.4) is 0 Å². The van der Waals surface area contributed by atoms with Crippen LogP contribution in [0.4, 0.5) is 0 Å². The van der Waals surface area contributed by atoms with Gasteiger partial charge >= 0.3 is 0 Å². The Balaban J connectivity index is 1.64. The zero-order valence-electron chi connectivity index (χ0n) is 13.7. The first-order chi connectivity index (χ1) is 10.2. The summed E-state index contributed by atoms with van der Waals surface area (Å²) in [7, 11) is 0. The van der Waals surface area contributed by atoms with Gasteiger partial charge < -0.3 is 5.32 Å². The summed E-state index contributed by atoms with van der Waals surface area (Å²) in [6.45, 7) is 10.7. The first-order valence-corrected chi connectivity index (χ1v) is 9.57. The predicted molar refractivity (Wildman–Crippen MR) is 91.9 cm³/mol. The average molecular weight is 307 g/mol. The number of hydrogen-bond donors (Lipinski definition) is 1. The van der Waals surface area contributed by atoms with Crippen molar-refractivity contribution >= 4 is 11.3 Å². The van der Waals surface area contributed by atoms with Gasteiger partial charge in [0.15, 0.2) is 0 Å². The van der Waals surface area contributed by atoms with E-state index in [-0.39, 0.29) is 0 Å². The highest BCUT2D eigenvalue weighted by atomic mass is 32.1. The molecule has 0 bridgehead atoms. The van der Waals surface area contributed by atoms with Gasteiger partial charge in [0.05, 0.1) is 0 Å². The molecule has 1 aliphatic carbocycles. The van der Waals surface area contributed by atoms with Crippen LogP contribution in [0.1, 0.15) is 50.0 Å². The molecule has 1 fully saturated rings. The Hall–Kier alpha value is -0.380. The van der Waals surface area contributed by atoms with E-state index in [2.05, 4.69) is 35.5 Å². The molecule has 2 aliphatic rings. The van der Waals surface area contributed by atoms with E-state index >= 15 is 0 Å². The fourth-order valence-corrected chi connectivity index (χ4v) is 4.96. The summed E-state index contributed by atoms with van der Waals surface area (Å²) in [6, 6.07) is 2.34. The molecule has 0 saturated heterocycles. The maximum absolute atomic E-state index is 3.65. The first kappa shape index (κ1) is 15.5. The van der Waals surface area contributed by atoms with Gasteiger partial charge in [-0.2, -0.15) is 0 Å². The fourth-order valence-electron chi connectivity index (χ4n) is 4.07. The number of nitrogens with one attached hydrogen (secondary N) is 1. The van der Waals surface area contributed by atoms with Crippen LogP contribution in [-0.2, 0) is 13.0 Å². The van der Waals surface area contributed by atoms with Crippen molar-refractivity contribution < 1.29 is 0 Å². The molecular formula is C18H30N2S. The Bertz CT molecular complexity index is 440. The number of hydrogen-bond acceptors (Lipinski definition) is 3. The lowest BCUT2D eigenvalue weighted by atomic mass is 9.70. The highest BCUT2D eigenvalue weighted by Crippen LogP contribution is 2.40. The smallest absolute Gasteiger partial charge is 0.0245 e. The van der Waals surface area contributed by atoms with Gasteiger partial charge in [-0.1, -0.05) is 26.7 Å². The Morgan fingerprint density at radius 1 is 1.38 bits per heavy atom. The standard InChI is InChI=1S/C18H30N2S/c1-3-19-13-18(8-4-15(2)5-9-18)14-20-10-6-17-16(12-20)7-11-21-17/h7,11,15,19H,3-6,8-10,12-14H2,1-2H3. The van der Waals surface area contributed by atoms with Gasteiger partial charge in [-0.3, -0.25) is 4.90 Å². The quantitative estimate of drug-likeness (QED) is 0.887. The van der Waals surface area contributed by atoms with Crippen molar-refractivity contribution in [1.82, 2.24) is 10.2 Å². The molecule has 3 rings (SSSR count). The molecule has 0 aromatic carbocycles. The van der Waals surface area contributed by atoms with Gasteiger partial charge in [0.2, 0.25) is 0 Å². The SMILES string of the molecule is CCNCC1(CN2CCc3sccc3C2)CCC(C)CC1. The summed E-state index contributed by atoms with van der Waals surface area (Å²) in [5, 5.41) is 5.92. The maximum atomic E-state index is 3.65. The first-order valence-electron chi connectivity index (χ1n) is 8.69. The maximum Gasteiger partial charge on any atom is 0.0245 e. The molecule has 0 radical (unpaired) electrons. The van der Waals surface area contributed by atoms with Crippen LogP contribution < -0.4 is 5.32 Å². The molecule has 0 spiro atoms. The van der Waals surface area contributed by atoms with Crippen molar-refractivity contribution in [2.75, 3.05) is 26.2 Å². The van der Waals surface area contributed by atoms with Crippen molar-refractivity contribution in [3.63, 3.8) is 0 Å². The van der Waals surface area contributed by atoms with Crippen molar-refractivity contribution in [1.29, 1.82) is 0 Å². The molecule has 3 heteroatoms. The van der Waals surface area contributed by atoms with Crippen LogP contribution in [0, 0.1) is 11.3 Å². The van der Waals surface area contributed by atoms with Gasteiger partial charge in [0.25, 0.3) is 0 Å². The van der Waals surface area contributed by atoms with Crippen LogP contribution in [0.25, 0.3) is 0 Å². The normalized spacial score (nSPS) is 30.3. The minimum Gasteiger partial charge on any atom is -0.316 e. The Labute approximate surface area is 133 Å². The monoisotopic (exact) mass is 306 g/mol. The second-order valence-corrected chi connectivity index (χ2v) is 8.29. The van der Waals surface area contributed by atoms with E-state index < -0.39 is 0 Å². The van der Waals surface area contributed by atoms with Crippen LogP contribution in [-0.4, -0.2) is 31.1 Å². The van der Waals surface area contributed by atoms with Crippen molar-refractivity contribution in [3.8, 4) is 0 Å². The van der Waals surface area contributed by atoms with Gasteiger partial charge in [-0.15, -0.1) is 11.3 Å². The van der Waals surface area contributed by atoms with Crippen molar-refractivity contribution in [3.05, 3.63) is 21.9 Å². The molecule has 0 amide bonds. The van der Waals surface area contributed by atoms with E-state index in [0.29, 0.717) is 5.41 Å². The van der Waals surface area contributed by atoms with E-state index in [9.17, 15) is 0 Å². The molecule has 1 saturated carbocycles. The summed E-state index contributed by atoms with van der Waals surface area (Å²) in [5.41, 5.74) is 2.12. The van der Waals surface area contributed by atoms with E-state index in [1.807, 2.05) is 11.3 Å². The predicted octanol–water partition coefficient (Wildman–Crippen LogP) is 3.91. The molecule has 118 valence electrons. The molecular weight excluding hydrogens is 276 g/mol. The molecule has 1 aromatic heterocycles. The summed E-state index contributed by atoms with van der Waals surface area (Å²) in [4.78, 5) is 4.35. The fraction of sp³-hybridized carbons (Fsp3) is 0.778. The molecule has 21 heavy (non-hydrogen) atoms. The molecule has 0 unspecified atom stereocenters. The third-order valence-corrected chi connectivity index (χ3v) is 6.55. The number of rotatable bonds is 5. The summed E-state index contributed by atoms with van der Waals surface area (Å²) < 4.78 is 0. The van der Waals surface area contributed by atoms with Crippen LogP contribution in [0.15, 0.2) is 11.4 Å². The van der Waals surface area contributed by atoms with E-state index in [4.69, 9.17) is 0 Å². The molecule has 1 N–H and O–H groups in total. The number of fused-ring (bicyclic) bond motifs is 1. The van der Waals surface area contributed by atoms with Gasteiger partial charge in [-0.05, 0) is 54.1 Å². The Kier molecular flexibility index (Phi) is 5.03. The lowest BCUT2D eigenvalue weighted by molar-refractivity contribution is 0.0804. The number of thiophene rings is 1. The molecule has 2 heterocycles. The van der Waals surface area contributed by atoms with E-state index in [1.165, 1.54) is 58.3 Å². The molecule has 2 nitrogen and oxygen atoms in total. The van der Waals surface area contributed by atoms with Gasteiger partial charge in [-0.25, -0.2) is 0 Å². The molecule has 1 aliphatic heterocycles. The minimum atomic E-state index is 0.524. The lowest BCUT2D eigenvalue weighted by Crippen LogP contribution is -2.47. The lowest BCUT2D eigenvalue weighted by Gasteiger charge is -2.44. The van der Waals surface area contributed by atoms with Crippen molar-refractivity contribution in [2.45, 2.75) is 52.5 Å². The average Bonchev–Trinajstić information content (AvgIpc) is 2.96. The van der Waals surface area contributed by atoms with Gasteiger partial charge in [0, 0.05) is 31.1 Å². The van der Waals surface area contributed by atoms with E-state index in [1.54, 1.807) is 10.4 Å². The summed E-state index contributed by atoms with van der Waals surface area (Å²) >= 11 is 1.95. The highest BCUT2D eigenvalue weighted by molar-refractivity contribution is 7.10. The number of nitrogens with zero attached hydrogens (tertiary/aromatic N) is 1. The molecule has 0 atom stereocenters. The summed E-state index contributed by atoms with van der Waals surface area (Å²) in [5.74, 6) is 0.935. The third-order valence-electron chi connectivity index (χ3n) is 5.53. The highest BCUT2D eigenvalue weighted by Gasteiger charge is 2.36. The minimum absolute atomic E-state index is 0.524. The second-order valence-electron chi connectivity index (χ2n) is 7.29. The Morgan fingerprint density at radius 2 is 2.19 bits per heavy atom. The summed E-state index contributed by atoms with van der Waals surface area (Å²) in [6.07, 6.45) is 6.93. The molecule has 1 aromatic rings. The van der Waals surface area contributed by atoms with Crippen LogP contribution in [0.5, 0.6) is 0 Å². The van der Waals surface area contributed by atoms with E-state index in [0.717, 1.165) is 12.5 Å².